The first-order valence-corrected chi connectivity index (χ1v) is 9.79. The van der Waals surface area contributed by atoms with Crippen LogP contribution in [0.2, 0.25) is 5.02 Å². The molecular formula is C18H16ClN5O2S. The lowest BCUT2D eigenvalue weighted by molar-refractivity contribution is -0.117. The Morgan fingerprint density at radius 3 is 2.89 bits per heavy atom. The number of carbonyl (C=O) groups is 2. The van der Waals surface area contributed by atoms with Gasteiger partial charge in [-0.15, -0.1) is 0 Å². The number of amides is 2. The van der Waals surface area contributed by atoms with E-state index < -0.39 is 0 Å². The Bertz CT molecular complexity index is 1000. The second kappa shape index (κ2) is 7.58. The van der Waals surface area contributed by atoms with Crippen molar-refractivity contribution in [2.24, 2.45) is 0 Å². The van der Waals surface area contributed by atoms with Crippen LogP contribution in [0.5, 0.6) is 0 Å². The number of anilines is 2. The molecule has 0 spiro atoms. The van der Waals surface area contributed by atoms with Gasteiger partial charge in [0.25, 0.3) is 0 Å². The lowest BCUT2D eigenvalue weighted by Gasteiger charge is -2.16. The van der Waals surface area contributed by atoms with Crippen molar-refractivity contribution in [3.8, 4) is 0 Å². The number of pyridine rings is 1. The number of nitrogens with one attached hydrogen (secondary N) is 2. The van der Waals surface area contributed by atoms with Crippen molar-refractivity contribution in [1.82, 2.24) is 15.0 Å². The second-order valence-electron chi connectivity index (χ2n) is 6.10. The van der Waals surface area contributed by atoms with Gasteiger partial charge in [-0.05, 0) is 36.8 Å². The van der Waals surface area contributed by atoms with Crippen molar-refractivity contribution >= 4 is 57.7 Å². The number of fused-ring (bicyclic) bond motifs is 1. The van der Waals surface area contributed by atoms with Crippen molar-refractivity contribution in [1.29, 1.82) is 0 Å². The second-order valence-corrected chi connectivity index (χ2v) is 7.50. The summed E-state index contributed by atoms with van der Waals surface area (Å²) in [5.41, 5.74) is 2.85. The maximum atomic E-state index is 12.2. The number of hydrogen-bond donors (Lipinski definition) is 2. The molecule has 2 aromatic heterocycles. The Kier molecular flexibility index (Phi) is 5.00. The van der Waals surface area contributed by atoms with E-state index in [-0.39, 0.29) is 17.6 Å². The summed E-state index contributed by atoms with van der Waals surface area (Å²) in [6, 6.07) is 9.04. The molecule has 1 aliphatic heterocycles. The van der Waals surface area contributed by atoms with Crippen molar-refractivity contribution < 1.29 is 9.59 Å². The Labute approximate surface area is 164 Å². The van der Waals surface area contributed by atoms with Crippen LogP contribution in [0, 0.1) is 0 Å². The molecule has 0 bridgehead atoms. The molecule has 4 rings (SSSR count). The van der Waals surface area contributed by atoms with Gasteiger partial charge in [0, 0.05) is 30.5 Å². The van der Waals surface area contributed by atoms with Gasteiger partial charge in [-0.3, -0.25) is 9.59 Å². The predicted octanol–water partition coefficient (Wildman–Crippen LogP) is 3.47. The summed E-state index contributed by atoms with van der Waals surface area (Å²) in [4.78, 5) is 37.2. The number of aromatic amines is 1. The molecule has 1 fully saturated rings. The Hall–Kier alpha value is -2.58. The number of hydrogen-bond acceptors (Lipinski definition) is 5. The Balaban J connectivity index is 1.34. The van der Waals surface area contributed by atoms with Crippen molar-refractivity contribution in [3.05, 3.63) is 41.6 Å². The van der Waals surface area contributed by atoms with Crippen LogP contribution < -0.4 is 10.2 Å². The van der Waals surface area contributed by atoms with E-state index in [2.05, 4.69) is 20.3 Å². The normalized spacial score (nSPS) is 14.1. The van der Waals surface area contributed by atoms with Crippen LogP contribution in [0.1, 0.15) is 12.8 Å². The highest BCUT2D eigenvalue weighted by atomic mass is 35.5. The summed E-state index contributed by atoms with van der Waals surface area (Å²) in [6.45, 7) is 0.749. The lowest BCUT2D eigenvalue weighted by Crippen LogP contribution is -2.23. The first kappa shape index (κ1) is 17.8. The fraction of sp³-hybridized carbons (Fsp3) is 0.222. The van der Waals surface area contributed by atoms with E-state index in [0.717, 1.165) is 24.2 Å². The van der Waals surface area contributed by atoms with Gasteiger partial charge in [0.15, 0.2) is 10.8 Å². The number of nitrogens with zero attached hydrogens (tertiary/aromatic N) is 3. The summed E-state index contributed by atoms with van der Waals surface area (Å²) < 4.78 is 0. The van der Waals surface area contributed by atoms with Gasteiger partial charge < -0.3 is 15.2 Å². The van der Waals surface area contributed by atoms with Gasteiger partial charge in [-0.2, -0.15) is 0 Å². The van der Waals surface area contributed by atoms with Crippen LogP contribution in [0.15, 0.2) is 41.7 Å². The molecule has 27 heavy (non-hydrogen) atoms. The quantitative estimate of drug-likeness (QED) is 0.639. The largest absolute Gasteiger partial charge is 0.331 e. The topological polar surface area (TPSA) is 91.0 Å². The fourth-order valence-electron chi connectivity index (χ4n) is 2.90. The highest BCUT2D eigenvalue weighted by Gasteiger charge is 2.21. The Morgan fingerprint density at radius 2 is 2.15 bits per heavy atom. The summed E-state index contributed by atoms with van der Waals surface area (Å²) in [6.07, 6.45) is 3.02. The lowest BCUT2D eigenvalue weighted by atomic mass is 10.2. The van der Waals surface area contributed by atoms with Crippen LogP contribution in [-0.4, -0.2) is 39.1 Å². The molecule has 138 valence electrons. The van der Waals surface area contributed by atoms with Gasteiger partial charge in [-0.25, -0.2) is 9.97 Å². The van der Waals surface area contributed by atoms with Crippen molar-refractivity contribution in [3.63, 3.8) is 0 Å². The number of aromatic nitrogens is 3. The number of thioether (sulfide) groups is 1. The molecule has 0 atom stereocenters. The molecule has 9 heteroatoms. The number of carbonyl (C=O) groups excluding carboxylic acids is 2. The maximum absolute atomic E-state index is 12.2. The van der Waals surface area contributed by atoms with Gasteiger partial charge in [0.05, 0.1) is 16.3 Å². The van der Waals surface area contributed by atoms with E-state index in [1.54, 1.807) is 23.1 Å². The molecule has 0 unspecified atom stereocenters. The van der Waals surface area contributed by atoms with E-state index in [0.29, 0.717) is 27.9 Å². The summed E-state index contributed by atoms with van der Waals surface area (Å²) in [5.74, 6) is 0.209. The van der Waals surface area contributed by atoms with E-state index in [4.69, 9.17) is 11.6 Å². The highest BCUT2D eigenvalue weighted by Crippen LogP contribution is 2.24. The fourth-order valence-corrected chi connectivity index (χ4v) is 3.73. The zero-order chi connectivity index (χ0) is 18.8. The number of halogens is 1. The third kappa shape index (κ3) is 4.06. The van der Waals surface area contributed by atoms with Gasteiger partial charge >= 0.3 is 0 Å². The number of imidazole rings is 1. The van der Waals surface area contributed by atoms with Crippen LogP contribution in [0.3, 0.4) is 0 Å². The zero-order valence-electron chi connectivity index (χ0n) is 14.2. The smallest absolute Gasteiger partial charge is 0.234 e. The number of H-pyrrole nitrogens is 1. The standard InChI is InChI=1S/C18H16ClN5O2S/c19-11-8-14-17(20-9-11)23-18(22-14)27-10-15(25)21-12-3-5-13(6-4-12)24-7-1-2-16(24)26/h3-6,8-9H,1-2,7,10H2,(H,21,25)(H,20,22,23). The third-order valence-electron chi connectivity index (χ3n) is 4.16. The third-order valence-corrected chi connectivity index (χ3v) is 5.24. The zero-order valence-corrected chi connectivity index (χ0v) is 15.8. The van der Waals surface area contributed by atoms with E-state index in [1.165, 1.54) is 18.0 Å². The molecule has 3 heterocycles. The molecule has 3 aromatic rings. The number of rotatable bonds is 5. The molecule has 2 amide bonds. The molecule has 7 nitrogen and oxygen atoms in total. The Morgan fingerprint density at radius 1 is 1.33 bits per heavy atom. The molecule has 0 radical (unpaired) electrons. The van der Waals surface area contributed by atoms with Gasteiger partial charge in [0.2, 0.25) is 11.8 Å². The van der Waals surface area contributed by atoms with Crippen molar-refractivity contribution in [2.75, 3.05) is 22.5 Å². The van der Waals surface area contributed by atoms with Gasteiger partial charge in [0.1, 0.15) is 0 Å². The minimum Gasteiger partial charge on any atom is -0.331 e. The van der Waals surface area contributed by atoms with E-state index in [9.17, 15) is 9.59 Å². The van der Waals surface area contributed by atoms with Crippen LogP contribution >= 0.6 is 23.4 Å². The van der Waals surface area contributed by atoms with Crippen molar-refractivity contribution in [2.45, 2.75) is 18.0 Å². The number of benzene rings is 1. The molecule has 2 N–H and O–H groups in total. The maximum Gasteiger partial charge on any atom is 0.234 e. The minimum absolute atomic E-state index is 0.142. The molecule has 0 aliphatic carbocycles. The summed E-state index contributed by atoms with van der Waals surface area (Å²) in [7, 11) is 0. The molecule has 1 saturated heterocycles. The SMILES string of the molecule is O=C(CSc1nc2ncc(Cl)cc2[nH]1)Nc1ccc(N2CCCC2=O)cc1. The molecule has 1 aliphatic rings. The minimum atomic E-state index is -0.142. The van der Waals surface area contributed by atoms with Crippen LogP contribution in [0.4, 0.5) is 11.4 Å². The predicted molar refractivity (Wildman–Crippen MR) is 106 cm³/mol. The molecule has 1 aromatic carbocycles. The monoisotopic (exact) mass is 401 g/mol. The van der Waals surface area contributed by atoms with Crippen LogP contribution in [-0.2, 0) is 9.59 Å². The highest BCUT2D eigenvalue weighted by molar-refractivity contribution is 7.99. The van der Waals surface area contributed by atoms with Gasteiger partial charge in [-0.1, -0.05) is 23.4 Å². The van der Waals surface area contributed by atoms with E-state index >= 15 is 0 Å². The summed E-state index contributed by atoms with van der Waals surface area (Å²) in [5, 5.41) is 3.98. The van der Waals surface area contributed by atoms with Crippen LogP contribution in [0.25, 0.3) is 11.2 Å². The summed E-state index contributed by atoms with van der Waals surface area (Å²) >= 11 is 7.19. The average Bonchev–Trinajstić information content (AvgIpc) is 3.26. The molecule has 0 saturated carbocycles. The first-order chi connectivity index (χ1) is 13.1. The van der Waals surface area contributed by atoms with E-state index in [1.807, 2.05) is 12.1 Å². The molecular weight excluding hydrogens is 386 g/mol. The average molecular weight is 402 g/mol. The first-order valence-electron chi connectivity index (χ1n) is 8.43.